The molecular weight excluding hydrogens is 454 g/mol. The van der Waals surface area contributed by atoms with Crippen molar-refractivity contribution < 1.29 is 13.2 Å². The number of allylic oxidation sites excluding steroid dienone is 1. The molecule has 2 heterocycles. The Balaban J connectivity index is 1.64. The highest BCUT2D eigenvalue weighted by molar-refractivity contribution is 7.89. The van der Waals surface area contributed by atoms with E-state index in [1.807, 2.05) is 4.57 Å². The second-order valence-corrected chi connectivity index (χ2v) is 11.4. The van der Waals surface area contributed by atoms with Gasteiger partial charge in [-0.15, -0.1) is 6.58 Å². The summed E-state index contributed by atoms with van der Waals surface area (Å²) in [7, 11) is -3.56. The summed E-state index contributed by atoms with van der Waals surface area (Å²) < 4.78 is 30.5. The normalized spacial score (nSPS) is 18.0. The lowest BCUT2D eigenvalue weighted by Crippen LogP contribution is -2.39. The van der Waals surface area contributed by atoms with Crippen LogP contribution in [0.3, 0.4) is 0 Å². The van der Waals surface area contributed by atoms with E-state index >= 15 is 0 Å². The molecule has 8 heteroatoms. The fourth-order valence-electron chi connectivity index (χ4n) is 4.16. The van der Waals surface area contributed by atoms with E-state index in [0.29, 0.717) is 35.9 Å². The fourth-order valence-corrected chi connectivity index (χ4v) is 6.86. The fraction of sp³-hybridized carbons (Fsp3) is 0.360. The number of piperidine rings is 1. The van der Waals surface area contributed by atoms with Crippen molar-refractivity contribution in [3.8, 4) is 0 Å². The van der Waals surface area contributed by atoms with E-state index in [-0.39, 0.29) is 4.90 Å². The summed E-state index contributed by atoms with van der Waals surface area (Å²) in [6.45, 7) is 9.62. The Bertz CT molecular complexity index is 1350. The minimum Gasteiger partial charge on any atom is -0.312 e. The molecule has 3 aromatic rings. The Morgan fingerprint density at radius 2 is 2.00 bits per heavy atom. The summed E-state index contributed by atoms with van der Waals surface area (Å²) in [5.74, 6) is -0.0456. The Hall–Kier alpha value is -2.55. The van der Waals surface area contributed by atoms with Crippen LogP contribution in [-0.4, -0.2) is 36.3 Å². The lowest BCUT2D eigenvalue weighted by atomic mass is 10.0. The molecule has 0 aliphatic carbocycles. The van der Waals surface area contributed by atoms with Gasteiger partial charge in [-0.2, -0.15) is 9.30 Å². The number of sulfonamides is 1. The van der Waals surface area contributed by atoms with Crippen molar-refractivity contribution >= 4 is 37.5 Å². The molecule has 4 rings (SSSR count). The second-order valence-electron chi connectivity index (χ2n) is 8.49. The molecule has 2 aromatic carbocycles. The third-order valence-electron chi connectivity index (χ3n) is 6.02. The van der Waals surface area contributed by atoms with Gasteiger partial charge in [-0.25, -0.2) is 8.42 Å². The van der Waals surface area contributed by atoms with Crippen molar-refractivity contribution in [3.05, 3.63) is 71.0 Å². The van der Waals surface area contributed by atoms with Crippen LogP contribution < -0.4 is 4.80 Å². The minimum atomic E-state index is -3.56. The van der Waals surface area contributed by atoms with Crippen LogP contribution in [0.25, 0.3) is 10.2 Å². The Labute approximate surface area is 199 Å². The summed E-state index contributed by atoms with van der Waals surface area (Å²) in [5, 5.41) is 0. The molecule has 1 saturated heterocycles. The van der Waals surface area contributed by atoms with Crippen LogP contribution in [0.4, 0.5) is 0 Å². The van der Waals surface area contributed by atoms with Gasteiger partial charge in [-0.3, -0.25) is 4.79 Å². The topological polar surface area (TPSA) is 71.7 Å². The third kappa shape index (κ3) is 4.88. The predicted molar refractivity (Wildman–Crippen MR) is 133 cm³/mol. The molecule has 0 saturated carbocycles. The molecule has 1 unspecified atom stereocenters. The van der Waals surface area contributed by atoms with E-state index in [1.54, 1.807) is 22.5 Å². The predicted octanol–water partition coefficient (Wildman–Crippen LogP) is 4.61. The van der Waals surface area contributed by atoms with Gasteiger partial charge in [0.1, 0.15) is 0 Å². The molecule has 1 atom stereocenters. The van der Waals surface area contributed by atoms with Crippen molar-refractivity contribution in [2.75, 3.05) is 13.1 Å². The first-order valence-electron chi connectivity index (χ1n) is 11.3. The lowest BCUT2D eigenvalue weighted by molar-refractivity contribution is 0.0997. The lowest BCUT2D eigenvalue weighted by Gasteiger charge is -2.30. The second kappa shape index (κ2) is 9.75. The average Bonchev–Trinajstić information content (AvgIpc) is 3.15. The highest BCUT2D eigenvalue weighted by Gasteiger charge is 2.28. The quantitative estimate of drug-likeness (QED) is 0.481. The first-order chi connectivity index (χ1) is 15.8. The minimum absolute atomic E-state index is 0.212. The summed E-state index contributed by atoms with van der Waals surface area (Å²) in [4.78, 5) is 18.1. The summed E-state index contributed by atoms with van der Waals surface area (Å²) >= 11 is 1.47. The Kier molecular flexibility index (Phi) is 6.97. The van der Waals surface area contributed by atoms with E-state index in [9.17, 15) is 13.2 Å². The Morgan fingerprint density at radius 3 is 2.67 bits per heavy atom. The van der Waals surface area contributed by atoms with Crippen molar-refractivity contribution in [2.24, 2.45) is 10.9 Å². The van der Waals surface area contributed by atoms with E-state index in [2.05, 4.69) is 43.6 Å². The zero-order valence-corrected chi connectivity index (χ0v) is 20.7. The molecule has 1 aromatic heterocycles. The molecule has 6 nitrogen and oxygen atoms in total. The number of nitrogens with zero attached hydrogens (tertiary/aromatic N) is 3. The van der Waals surface area contributed by atoms with Crippen LogP contribution >= 0.6 is 11.3 Å². The van der Waals surface area contributed by atoms with Crippen molar-refractivity contribution in [3.63, 3.8) is 0 Å². The highest BCUT2D eigenvalue weighted by Crippen LogP contribution is 2.24. The van der Waals surface area contributed by atoms with Crippen molar-refractivity contribution in [1.82, 2.24) is 8.87 Å². The number of aromatic nitrogens is 1. The number of amides is 1. The average molecular weight is 484 g/mol. The van der Waals surface area contributed by atoms with Gasteiger partial charge in [0, 0.05) is 25.2 Å². The number of thiazole rings is 1. The van der Waals surface area contributed by atoms with Crippen LogP contribution in [0.15, 0.2) is 65.0 Å². The van der Waals surface area contributed by atoms with Gasteiger partial charge in [0.05, 0.1) is 15.1 Å². The van der Waals surface area contributed by atoms with Gasteiger partial charge in [0.2, 0.25) is 10.0 Å². The van der Waals surface area contributed by atoms with Crippen LogP contribution in [0.5, 0.6) is 0 Å². The monoisotopic (exact) mass is 483 g/mol. The molecule has 174 valence electrons. The van der Waals surface area contributed by atoms with E-state index in [0.717, 1.165) is 29.5 Å². The molecule has 0 radical (unpaired) electrons. The number of carbonyl (C=O) groups excluding carboxylic acids is 1. The molecule has 0 spiro atoms. The van der Waals surface area contributed by atoms with Gasteiger partial charge in [0.25, 0.3) is 5.91 Å². The van der Waals surface area contributed by atoms with Gasteiger partial charge < -0.3 is 4.57 Å². The zero-order chi connectivity index (χ0) is 23.6. The maximum Gasteiger partial charge on any atom is 0.279 e. The van der Waals surface area contributed by atoms with Crippen LogP contribution in [0, 0.1) is 5.92 Å². The SMILES string of the molecule is C=CCn1c(=NC(=O)c2ccc(S(=O)(=O)N3CCCC(C)C3)cc2)sc2cc(CC)ccc21. The number of benzene rings is 2. The molecule has 0 bridgehead atoms. The summed E-state index contributed by atoms with van der Waals surface area (Å²) in [6, 6.07) is 12.4. The number of aryl methyl sites for hydroxylation is 1. The van der Waals surface area contributed by atoms with Gasteiger partial charge in [-0.1, -0.05) is 37.3 Å². The van der Waals surface area contributed by atoms with Crippen molar-refractivity contribution in [1.29, 1.82) is 0 Å². The van der Waals surface area contributed by atoms with Gasteiger partial charge in [-0.05, 0) is 67.1 Å². The first-order valence-corrected chi connectivity index (χ1v) is 13.5. The van der Waals surface area contributed by atoms with E-state index < -0.39 is 15.9 Å². The number of rotatable bonds is 6. The van der Waals surface area contributed by atoms with Gasteiger partial charge in [0.15, 0.2) is 4.80 Å². The number of carbonyl (C=O) groups is 1. The van der Waals surface area contributed by atoms with E-state index in [4.69, 9.17) is 0 Å². The van der Waals surface area contributed by atoms with Crippen molar-refractivity contribution in [2.45, 2.75) is 44.6 Å². The zero-order valence-electron chi connectivity index (χ0n) is 19.0. The molecule has 0 N–H and O–H groups in total. The number of hydrogen-bond donors (Lipinski definition) is 0. The maximum atomic E-state index is 13.0. The van der Waals surface area contributed by atoms with Gasteiger partial charge >= 0.3 is 0 Å². The standard InChI is InChI=1S/C25H29N3O3S2/c1-4-14-28-22-13-8-19(5-2)16-23(22)32-25(28)26-24(29)20-9-11-21(12-10-20)33(30,31)27-15-6-7-18(3)17-27/h4,8-13,16,18H,1,5-7,14-15,17H2,2-3H3. The first kappa shape index (κ1) is 23.6. The molecule has 1 aliphatic heterocycles. The molecular formula is C25H29N3O3S2. The van der Waals surface area contributed by atoms with Crippen LogP contribution in [-0.2, 0) is 23.0 Å². The third-order valence-corrected chi connectivity index (χ3v) is 8.94. The maximum absolute atomic E-state index is 13.0. The summed E-state index contributed by atoms with van der Waals surface area (Å²) in [5.41, 5.74) is 2.60. The molecule has 1 aliphatic rings. The number of hydrogen-bond acceptors (Lipinski definition) is 4. The highest BCUT2D eigenvalue weighted by atomic mass is 32.2. The molecule has 1 fully saturated rings. The van der Waals surface area contributed by atoms with E-state index in [1.165, 1.54) is 29.0 Å². The van der Waals surface area contributed by atoms with Crippen LogP contribution in [0.2, 0.25) is 0 Å². The Morgan fingerprint density at radius 1 is 1.24 bits per heavy atom. The number of fused-ring (bicyclic) bond motifs is 1. The molecule has 1 amide bonds. The smallest absolute Gasteiger partial charge is 0.279 e. The molecule has 33 heavy (non-hydrogen) atoms. The van der Waals surface area contributed by atoms with Crippen LogP contribution in [0.1, 0.15) is 42.6 Å². The summed E-state index contributed by atoms with van der Waals surface area (Å²) in [6.07, 6.45) is 4.64. The largest absolute Gasteiger partial charge is 0.312 e.